The third-order valence-corrected chi connectivity index (χ3v) is 3.44. The maximum Gasteiger partial charge on any atom is 0.136 e. The second kappa shape index (κ2) is 3.86. The van der Waals surface area contributed by atoms with Crippen LogP contribution in [0.2, 0.25) is 0 Å². The highest BCUT2D eigenvalue weighted by atomic mass is 16.5. The topological polar surface area (TPSA) is 42.6 Å². The smallest absolute Gasteiger partial charge is 0.136 e. The Bertz CT molecular complexity index is 498. The lowest BCUT2D eigenvalue weighted by molar-refractivity contribution is -0.122. The van der Waals surface area contributed by atoms with Crippen molar-refractivity contribution in [2.24, 2.45) is 0 Å². The molecule has 1 N–H and O–H groups in total. The summed E-state index contributed by atoms with van der Waals surface area (Å²) in [6.45, 7) is 2.56. The van der Waals surface area contributed by atoms with Crippen LogP contribution in [0.15, 0.2) is 34.7 Å². The lowest BCUT2D eigenvalue weighted by atomic mass is 9.91. The predicted molar refractivity (Wildman–Crippen MR) is 64.8 cm³/mol. The van der Waals surface area contributed by atoms with Crippen LogP contribution in [-0.4, -0.2) is 17.8 Å². The standard InChI is InChI=1S/C14H16O3/c1-14(9-11(15)6-7-16-14)13-8-10-4-2-3-5-12(10)17-13/h2-5,8,11,15H,6-7,9H2,1H3. The zero-order valence-corrected chi connectivity index (χ0v) is 9.85. The van der Waals surface area contributed by atoms with Gasteiger partial charge in [-0.05, 0) is 25.5 Å². The normalized spacial score (nSPS) is 29.6. The third kappa shape index (κ3) is 1.85. The van der Waals surface area contributed by atoms with Gasteiger partial charge in [0.05, 0.1) is 12.7 Å². The van der Waals surface area contributed by atoms with Gasteiger partial charge in [-0.15, -0.1) is 0 Å². The number of fused-ring (bicyclic) bond motifs is 1. The Kier molecular flexibility index (Phi) is 2.45. The number of hydrogen-bond donors (Lipinski definition) is 1. The average molecular weight is 232 g/mol. The number of hydrogen-bond acceptors (Lipinski definition) is 3. The molecule has 2 heterocycles. The summed E-state index contributed by atoms with van der Waals surface area (Å²) in [4.78, 5) is 0. The third-order valence-electron chi connectivity index (χ3n) is 3.44. The Morgan fingerprint density at radius 2 is 2.18 bits per heavy atom. The molecule has 3 rings (SSSR count). The molecule has 2 atom stereocenters. The quantitative estimate of drug-likeness (QED) is 0.822. The van der Waals surface area contributed by atoms with Crippen LogP contribution in [0.1, 0.15) is 25.5 Å². The van der Waals surface area contributed by atoms with Crippen molar-refractivity contribution in [1.82, 2.24) is 0 Å². The number of aliphatic hydroxyl groups is 1. The van der Waals surface area contributed by atoms with Crippen molar-refractivity contribution in [2.45, 2.75) is 31.5 Å². The number of para-hydroxylation sites is 1. The summed E-state index contributed by atoms with van der Waals surface area (Å²) in [5.74, 6) is 0.803. The van der Waals surface area contributed by atoms with Gasteiger partial charge in [0.25, 0.3) is 0 Å². The molecule has 3 heteroatoms. The summed E-state index contributed by atoms with van der Waals surface area (Å²) in [5, 5.41) is 10.8. The number of benzene rings is 1. The lowest BCUT2D eigenvalue weighted by Gasteiger charge is -2.34. The van der Waals surface area contributed by atoms with E-state index >= 15 is 0 Å². The van der Waals surface area contributed by atoms with Crippen LogP contribution in [0.25, 0.3) is 11.0 Å². The fourth-order valence-electron chi connectivity index (χ4n) is 2.45. The first-order chi connectivity index (χ1) is 8.17. The number of rotatable bonds is 1. The largest absolute Gasteiger partial charge is 0.458 e. The van der Waals surface area contributed by atoms with Crippen LogP contribution in [0.3, 0.4) is 0 Å². The van der Waals surface area contributed by atoms with Gasteiger partial charge in [0.2, 0.25) is 0 Å². The van der Waals surface area contributed by atoms with Gasteiger partial charge in [-0.2, -0.15) is 0 Å². The highest BCUT2D eigenvalue weighted by Crippen LogP contribution is 2.37. The summed E-state index contributed by atoms with van der Waals surface area (Å²) in [7, 11) is 0. The van der Waals surface area contributed by atoms with Crippen molar-refractivity contribution in [1.29, 1.82) is 0 Å². The van der Waals surface area contributed by atoms with Gasteiger partial charge < -0.3 is 14.3 Å². The first-order valence-electron chi connectivity index (χ1n) is 5.98. The Hall–Kier alpha value is -1.32. The maximum atomic E-state index is 9.76. The molecule has 0 bridgehead atoms. The Morgan fingerprint density at radius 3 is 2.94 bits per heavy atom. The second-order valence-electron chi connectivity index (χ2n) is 4.87. The van der Waals surface area contributed by atoms with Crippen LogP contribution in [-0.2, 0) is 10.3 Å². The minimum atomic E-state index is -0.503. The maximum absolute atomic E-state index is 9.76. The molecule has 1 aliphatic rings. The van der Waals surface area contributed by atoms with Crippen LogP contribution in [0.4, 0.5) is 0 Å². The van der Waals surface area contributed by atoms with Gasteiger partial charge in [0.1, 0.15) is 16.9 Å². The van der Waals surface area contributed by atoms with E-state index in [4.69, 9.17) is 9.15 Å². The minimum Gasteiger partial charge on any atom is -0.458 e. The van der Waals surface area contributed by atoms with Crippen molar-refractivity contribution in [3.63, 3.8) is 0 Å². The monoisotopic (exact) mass is 232 g/mol. The van der Waals surface area contributed by atoms with Gasteiger partial charge in [-0.3, -0.25) is 0 Å². The summed E-state index contributed by atoms with van der Waals surface area (Å²) >= 11 is 0. The first-order valence-corrected chi connectivity index (χ1v) is 5.98. The average Bonchev–Trinajstić information content (AvgIpc) is 2.73. The van der Waals surface area contributed by atoms with Crippen LogP contribution >= 0.6 is 0 Å². The van der Waals surface area contributed by atoms with E-state index in [0.717, 1.165) is 16.7 Å². The van der Waals surface area contributed by atoms with Crippen molar-refractivity contribution < 1.29 is 14.3 Å². The number of furan rings is 1. The molecule has 2 aromatic rings. The lowest BCUT2D eigenvalue weighted by Crippen LogP contribution is -2.36. The van der Waals surface area contributed by atoms with E-state index in [0.29, 0.717) is 19.4 Å². The zero-order valence-electron chi connectivity index (χ0n) is 9.85. The van der Waals surface area contributed by atoms with E-state index in [1.165, 1.54) is 0 Å². The van der Waals surface area contributed by atoms with Gasteiger partial charge >= 0.3 is 0 Å². The van der Waals surface area contributed by atoms with Crippen LogP contribution in [0, 0.1) is 0 Å². The fourth-order valence-corrected chi connectivity index (χ4v) is 2.45. The Balaban J connectivity index is 2.02. The van der Waals surface area contributed by atoms with Gasteiger partial charge in [-0.25, -0.2) is 0 Å². The molecule has 0 aliphatic carbocycles. The summed E-state index contributed by atoms with van der Waals surface area (Å²) < 4.78 is 11.6. The molecule has 1 aromatic heterocycles. The van der Waals surface area contributed by atoms with Gasteiger partial charge in [-0.1, -0.05) is 18.2 Å². The summed E-state index contributed by atoms with van der Waals surface area (Å²) in [6, 6.07) is 9.91. The Morgan fingerprint density at radius 1 is 1.35 bits per heavy atom. The van der Waals surface area contributed by atoms with Gasteiger partial charge in [0, 0.05) is 11.8 Å². The first kappa shape index (κ1) is 10.8. The molecule has 0 radical (unpaired) electrons. The van der Waals surface area contributed by atoms with E-state index < -0.39 is 5.60 Å². The molecule has 2 unspecified atom stereocenters. The second-order valence-corrected chi connectivity index (χ2v) is 4.87. The van der Waals surface area contributed by atoms with Crippen LogP contribution in [0.5, 0.6) is 0 Å². The van der Waals surface area contributed by atoms with Crippen molar-refractivity contribution >= 4 is 11.0 Å². The van der Waals surface area contributed by atoms with Crippen molar-refractivity contribution in [3.8, 4) is 0 Å². The molecule has 1 aromatic carbocycles. The minimum absolute atomic E-state index is 0.304. The van der Waals surface area contributed by atoms with E-state index in [2.05, 4.69) is 0 Å². The fraction of sp³-hybridized carbons (Fsp3) is 0.429. The SMILES string of the molecule is CC1(c2cc3ccccc3o2)CC(O)CCO1. The highest BCUT2D eigenvalue weighted by Gasteiger charge is 2.37. The molecular weight excluding hydrogens is 216 g/mol. The van der Waals surface area contributed by atoms with E-state index in [-0.39, 0.29) is 6.10 Å². The molecule has 1 aliphatic heterocycles. The molecular formula is C14H16O3. The Labute approximate surface area is 100.0 Å². The van der Waals surface area contributed by atoms with E-state index in [9.17, 15) is 5.11 Å². The van der Waals surface area contributed by atoms with Gasteiger partial charge in [0.15, 0.2) is 0 Å². The molecule has 1 saturated heterocycles. The van der Waals surface area contributed by atoms with Crippen LogP contribution < -0.4 is 0 Å². The van der Waals surface area contributed by atoms with Crippen molar-refractivity contribution in [3.05, 3.63) is 36.1 Å². The number of aliphatic hydroxyl groups excluding tert-OH is 1. The molecule has 0 saturated carbocycles. The zero-order chi connectivity index (χ0) is 11.9. The van der Waals surface area contributed by atoms with E-state index in [1.54, 1.807) is 0 Å². The summed E-state index contributed by atoms with van der Waals surface area (Å²) in [5.41, 5.74) is 0.365. The molecule has 1 fully saturated rings. The van der Waals surface area contributed by atoms with E-state index in [1.807, 2.05) is 37.3 Å². The molecule has 17 heavy (non-hydrogen) atoms. The predicted octanol–water partition coefficient (Wildman–Crippen LogP) is 2.82. The molecule has 0 spiro atoms. The van der Waals surface area contributed by atoms with Crippen molar-refractivity contribution in [2.75, 3.05) is 6.61 Å². The molecule has 0 amide bonds. The summed E-state index contributed by atoms with van der Waals surface area (Å²) in [6.07, 6.45) is 0.991. The highest BCUT2D eigenvalue weighted by molar-refractivity contribution is 5.77. The number of ether oxygens (including phenoxy) is 1. The molecule has 3 nitrogen and oxygen atoms in total. The molecule has 90 valence electrons.